The highest BCUT2D eigenvalue weighted by atomic mass is 32.2. The van der Waals surface area contributed by atoms with Crippen LogP contribution in [0.5, 0.6) is 0 Å². The van der Waals surface area contributed by atoms with Crippen LogP contribution in [-0.2, 0) is 10.0 Å². The standard InChI is InChI=1S/C12H11N3O4S/c13-9-6-7-10(20(14,18)19)11(12(9)15(16)17)8-4-2-1-3-5-8/h1-7H,13H2,(H2,14,18,19). The van der Waals surface area contributed by atoms with Gasteiger partial charge in [0, 0.05) is 0 Å². The van der Waals surface area contributed by atoms with Crippen LogP contribution in [0.1, 0.15) is 0 Å². The molecule has 0 heterocycles. The van der Waals surface area contributed by atoms with Crippen LogP contribution >= 0.6 is 0 Å². The van der Waals surface area contributed by atoms with Gasteiger partial charge in [0.25, 0.3) is 0 Å². The van der Waals surface area contributed by atoms with Gasteiger partial charge >= 0.3 is 5.69 Å². The average molecular weight is 293 g/mol. The molecule has 4 N–H and O–H groups in total. The van der Waals surface area contributed by atoms with Gasteiger partial charge in [-0.15, -0.1) is 0 Å². The lowest BCUT2D eigenvalue weighted by molar-refractivity contribution is -0.383. The summed E-state index contributed by atoms with van der Waals surface area (Å²) in [5, 5.41) is 16.3. The average Bonchev–Trinajstić information content (AvgIpc) is 2.37. The van der Waals surface area contributed by atoms with Gasteiger partial charge in [0.2, 0.25) is 10.0 Å². The number of sulfonamides is 1. The molecule has 0 fully saturated rings. The number of anilines is 1. The van der Waals surface area contributed by atoms with Crippen molar-refractivity contribution in [1.82, 2.24) is 0 Å². The summed E-state index contributed by atoms with van der Waals surface area (Å²) in [5.74, 6) is 0. The van der Waals surface area contributed by atoms with Crippen LogP contribution in [0.3, 0.4) is 0 Å². The van der Waals surface area contributed by atoms with Crippen molar-refractivity contribution in [2.24, 2.45) is 5.14 Å². The SMILES string of the molecule is Nc1ccc(S(N)(=O)=O)c(-c2ccccc2)c1[N+](=O)[O-]. The summed E-state index contributed by atoms with van der Waals surface area (Å²) in [7, 11) is -4.11. The second-order valence-corrected chi connectivity index (χ2v) is 5.57. The van der Waals surface area contributed by atoms with Crippen LogP contribution in [0, 0.1) is 10.1 Å². The van der Waals surface area contributed by atoms with Gasteiger partial charge in [0.05, 0.1) is 15.4 Å². The number of primary sulfonamides is 1. The van der Waals surface area contributed by atoms with E-state index in [1.165, 1.54) is 6.07 Å². The molecule has 0 amide bonds. The number of rotatable bonds is 3. The summed E-state index contributed by atoms with van der Waals surface area (Å²) in [6, 6.07) is 10.4. The van der Waals surface area contributed by atoms with Gasteiger partial charge in [-0.05, 0) is 17.7 Å². The van der Waals surface area contributed by atoms with E-state index in [4.69, 9.17) is 10.9 Å². The van der Waals surface area contributed by atoms with E-state index in [9.17, 15) is 18.5 Å². The molecule has 0 bridgehead atoms. The molecule has 0 spiro atoms. The number of nitro groups is 1. The van der Waals surface area contributed by atoms with Crippen LogP contribution in [0.25, 0.3) is 11.1 Å². The molecule has 0 aliphatic rings. The Morgan fingerprint density at radius 2 is 1.65 bits per heavy atom. The molecule has 104 valence electrons. The number of hydrogen-bond donors (Lipinski definition) is 2. The van der Waals surface area contributed by atoms with E-state index < -0.39 is 20.6 Å². The van der Waals surface area contributed by atoms with Crippen molar-refractivity contribution in [3.05, 3.63) is 52.6 Å². The first-order chi connectivity index (χ1) is 9.32. The van der Waals surface area contributed by atoms with Gasteiger partial charge < -0.3 is 5.73 Å². The molecule has 0 aliphatic carbocycles. The molecular formula is C12H11N3O4S. The number of nitro benzene ring substituents is 1. The minimum atomic E-state index is -4.11. The van der Waals surface area contributed by atoms with Gasteiger partial charge in [-0.1, -0.05) is 30.3 Å². The Morgan fingerprint density at radius 1 is 1.05 bits per heavy atom. The topological polar surface area (TPSA) is 129 Å². The summed E-state index contributed by atoms with van der Waals surface area (Å²) in [6.07, 6.45) is 0. The second-order valence-electron chi connectivity index (χ2n) is 4.04. The molecule has 0 saturated heterocycles. The highest BCUT2D eigenvalue weighted by Crippen LogP contribution is 2.39. The van der Waals surface area contributed by atoms with E-state index in [0.29, 0.717) is 5.56 Å². The van der Waals surface area contributed by atoms with Crippen molar-refractivity contribution >= 4 is 21.4 Å². The van der Waals surface area contributed by atoms with Crippen molar-refractivity contribution in [1.29, 1.82) is 0 Å². The first kappa shape index (κ1) is 14.0. The molecule has 2 aromatic carbocycles. The molecule has 0 aromatic heterocycles. The molecule has 0 saturated carbocycles. The largest absolute Gasteiger partial charge is 0.393 e. The number of benzene rings is 2. The number of nitrogens with zero attached hydrogens (tertiary/aromatic N) is 1. The highest BCUT2D eigenvalue weighted by molar-refractivity contribution is 7.89. The van der Waals surface area contributed by atoms with E-state index in [-0.39, 0.29) is 16.1 Å². The van der Waals surface area contributed by atoms with Crippen molar-refractivity contribution in [3.8, 4) is 11.1 Å². The maximum absolute atomic E-state index is 11.6. The highest BCUT2D eigenvalue weighted by Gasteiger charge is 2.27. The fraction of sp³-hybridized carbons (Fsp3) is 0. The minimum Gasteiger partial charge on any atom is -0.393 e. The molecule has 0 unspecified atom stereocenters. The number of nitrogens with two attached hydrogens (primary N) is 2. The maximum atomic E-state index is 11.6. The second kappa shape index (κ2) is 4.91. The zero-order chi connectivity index (χ0) is 14.9. The van der Waals surface area contributed by atoms with E-state index in [2.05, 4.69) is 0 Å². The Morgan fingerprint density at radius 3 is 2.15 bits per heavy atom. The molecule has 0 aliphatic heterocycles. The van der Waals surface area contributed by atoms with Gasteiger partial charge in [0.1, 0.15) is 5.69 Å². The van der Waals surface area contributed by atoms with E-state index in [1.54, 1.807) is 30.3 Å². The molecule has 20 heavy (non-hydrogen) atoms. The van der Waals surface area contributed by atoms with E-state index in [1.807, 2.05) is 0 Å². The van der Waals surface area contributed by atoms with E-state index >= 15 is 0 Å². The van der Waals surface area contributed by atoms with Gasteiger partial charge in [0.15, 0.2) is 0 Å². The van der Waals surface area contributed by atoms with Crippen molar-refractivity contribution < 1.29 is 13.3 Å². The first-order valence-corrected chi connectivity index (χ1v) is 7.02. The van der Waals surface area contributed by atoms with Crippen molar-refractivity contribution in [2.75, 3.05) is 5.73 Å². The molecular weight excluding hydrogens is 282 g/mol. The van der Waals surface area contributed by atoms with Gasteiger partial charge in [-0.2, -0.15) is 0 Å². The Hall–Kier alpha value is -2.45. The molecule has 0 radical (unpaired) electrons. The maximum Gasteiger partial charge on any atom is 0.301 e. The zero-order valence-electron chi connectivity index (χ0n) is 10.2. The van der Waals surface area contributed by atoms with Crippen LogP contribution in [0.4, 0.5) is 11.4 Å². The molecule has 2 rings (SSSR count). The summed E-state index contributed by atoms with van der Waals surface area (Å²) in [4.78, 5) is 10.1. The molecule has 7 nitrogen and oxygen atoms in total. The molecule has 8 heteroatoms. The third-order valence-electron chi connectivity index (χ3n) is 2.72. The molecule has 2 aromatic rings. The Labute approximate surface area is 115 Å². The number of hydrogen-bond acceptors (Lipinski definition) is 5. The van der Waals surface area contributed by atoms with Gasteiger partial charge in [-0.25, -0.2) is 13.6 Å². The fourth-order valence-electron chi connectivity index (χ4n) is 1.91. The summed E-state index contributed by atoms with van der Waals surface area (Å²) in [5.41, 5.74) is 5.26. The lowest BCUT2D eigenvalue weighted by atomic mass is 10.0. The third-order valence-corrected chi connectivity index (χ3v) is 3.68. The predicted molar refractivity (Wildman–Crippen MR) is 74.3 cm³/mol. The zero-order valence-corrected chi connectivity index (χ0v) is 11.0. The van der Waals surface area contributed by atoms with Crippen LogP contribution < -0.4 is 10.9 Å². The first-order valence-electron chi connectivity index (χ1n) is 5.47. The smallest absolute Gasteiger partial charge is 0.301 e. The lowest BCUT2D eigenvalue weighted by Gasteiger charge is -2.10. The fourth-order valence-corrected chi connectivity index (χ4v) is 2.66. The Kier molecular flexibility index (Phi) is 3.43. The lowest BCUT2D eigenvalue weighted by Crippen LogP contribution is -2.14. The van der Waals surface area contributed by atoms with Crippen LogP contribution in [0.2, 0.25) is 0 Å². The van der Waals surface area contributed by atoms with Crippen molar-refractivity contribution in [2.45, 2.75) is 4.90 Å². The van der Waals surface area contributed by atoms with Crippen LogP contribution in [0.15, 0.2) is 47.4 Å². The third kappa shape index (κ3) is 2.46. The van der Waals surface area contributed by atoms with Crippen LogP contribution in [-0.4, -0.2) is 13.3 Å². The van der Waals surface area contributed by atoms with Crippen molar-refractivity contribution in [3.63, 3.8) is 0 Å². The Balaban J connectivity index is 2.94. The summed E-state index contributed by atoms with van der Waals surface area (Å²) < 4.78 is 23.3. The normalized spacial score (nSPS) is 11.2. The Bertz CT molecular complexity index is 773. The minimum absolute atomic E-state index is 0.0990. The van der Waals surface area contributed by atoms with E-state index in [0.717, 1.165) is 6.07 Å². The quantitative estimate of drug-likeness (QED) is 0.503. The predicted octanol–water partition coefficient (Wildman–Crippen LogP) is 1.49. The number of nitrogen functional groups attached to an aromatic ring is 1. The van der Waals surface area contributed by atoms with Gasteiger partial charge in [-0.3, -0.25) is 10.1 Å². The molecule has 0 atom stereocenters. The summed E-state index contributed by atoms with van der Waals surface area (Å²) in [6.45, 7) is 0. The monoisotopic (exact) mass is 293 g/mol. The summed E-state index contributed by atoms with van der Waals surface area (Å²) >= 11 is 0.